The Balaban J connectivity index is 1.87. The standard InChI is InChI=1S/C24H24N4O6S/c1-17-9-10-20(13-18(17)2)27(35(32,33)22-7-5-4-6-8-22)16-24(29)26-25-15-19-14-21(28(30)31)11-12-23(19)34-3/h4-15H,16H2,1-3H3,(H,26,29)/b25-15-. The number of amides is 1. The number of aryl methyl sites for hydroxylation is 2. The molecule has 0 saturated heterocycles. The Hall–Kier alpha value is -4.25. The molecule has 0 heterocycles. The number of nitro benzene ring substituents is 1. The zero-order valence-corrected chi connectivity index (χ0v) is 20.2. The normalized spacial score (nSPS) is 11.3. The minimum absolute atomic E-state index is 0.0378. The summed E-state index contributed by atoms with van der Waals surface area (Å²) in [6.45, 7) is 3.21. The van der Waals surface area contributed by atoms with Gasteiger partial charge in [0.25, 0.3) is 21.6 Å². The fourth-order valence-corrected chi connectivity index (χ4v) is 4.63. The van der Waals surface area contributed by atoms with Crippen molar-refractivity contribution < 1.29 is 22.9 Å². The molecule has 0 aromatic heterocycles. The second kappa shape index (κ2) is 10.8. The molecule has 0 radical (unpaired) electrons. The maximum absolute atomic E-state index is 13.4. The van der Waals surface area contributed by atoms with Gasteiger partial charge in [0, 0.05) is 17.7 Å². The Bertz CT molecular complexity index is 1370. The number of hydrazone groups is 1. The summed E-state index contributed by atoms with van der Waals surface area (Å²) in [7, 11) is -2.66. The predicted molar refractivity (Wildman–Crippen MR) is 132 cm³/mol. The number of ether oxygens (including phenoxy) is 1. The summed E-state index contributed by atoms with van der Waals surface area (Å²) < 4.78 is 32.9. The smallest absolute Gasteiger partial charge is 0.270 e. The maximum atomic E-state index is 13.4. The van der Waals surface area contributed by atoms with Crippen LogP contribution in [0.15, 0.2) is 76.7 Å². The van der Waals surface area contributed by atoms with Gasteiger partial charge in [0.1, 0.15) is 12.3 Å². The van der Waals surface area contributed by atoms with E-state index in [2.05, 4.69) is 10.5 Å². The number of methoxy groups -OCH3 is 1. The van der Waals surface area contributed by atoms with Crippen LogP contribution in [0.5, 0.6) is 5.75 Å². The van der Waals surface area contributed by atoms with E-state index in [0.29, 0.717) is 11.4 Å². The van der Waals surface area contributed by atoms with E-state index in [-0.39, 0.29) is 16.1 Å². The highest BCUT2D eigenvalue weighted by molar-refractivity contribution is 7.92. The van der Waals surface area contributed by atoms with Gasteiger partial charge in [-0.05, 0) is 55.3 Å². The molecule has 3 aromatic carbocycles. The lowest BCUT2D eigenvalue weighted by Crippen LogP contribution is -2.39. The minimum Gasteiger partial charge on any atom is -0.496 e. The summed E-state index contributed by atoms with van der Waals surface area (Å²) in [6, 6.07) is 16.8. The average Bonchev–Trinajstić information content (AvgIpc) is 2.84. The van der Waals surface area contributed by atoms with Crippen LogP contribution in [-0.2, 0) is 14.8 Å². The van der Waals surface area contributed by atoms with Crippen LogP contribution in [0.25, 0.3) is 0 Å². The Kier molecular flexibility index (Phi) is 7.82. The quantitative estimate of drug-likeness (QED) is 0.274. The van der Waals surface area contributed by atoms with Crippen molar-refractivity contribution in [2.75, 3.05) is 18.0 Å². The Morgan fingerprint density at radius 3 is 2.43 bits per heavy atom. The number of sulfonamides is 1. The van der Waals surface area contributed by atoms with Crippen LogP contribution in [0, 0.1) is 24.0 Å². The van der Waals surface area contributed by atoms with Gasteiger partial charge in [0.2, 0.25) is 0 Å². The average molecular weight is 497 g/mol. The second-order valence-electron chi connectivity index (χ2n) is 7.57. The van der Waals surface area contributed by atoms with Crippen molar-refractivity contribution in [1.29, 1.82) is 0 Å². The van der Waals surface area contributed by atoms with E-state index >= 15 is 0 Å². The number of rotatable bonds is 9. The topological polar surface area (TPSA) is 131 Å². The number of non-ortho nitro benzene ring substituents is 1. The molecule has 0 atom stereocenters. The van der Waals surface area contributed by atoms with Crippen LogP contribution in [0.2, 0.25) is 0 Å². The first-order chi connectivity index (χ1) is 16.6. The van der Waals surface area contributed by atoms with Crippen LogP contribution in [0.3, 0.4) is 0 Å². The highest BCUT2D eigenvalue weighted by Gasteiger charge is 2.27. The van der Waals surface area contributed by atoms with Crippen LogP contribution in [0.4, 0.5) is 11.4 Å². The van der Waals surface area contributed by atoms with Gasteiger partial charge in [-0.3, -0.25) is 19.2 Å². The van der Waals surface area contributed by atoms with Crippen LogP contribution in [-0.4, -0.2) is 39.1 Å². The fourth-order valence-electron chi connectivity index (χ4n) is 3.19. The molecule has 0 aliphatic rings. The number of hydrogen-bond acceptors (Lipinski definition) is 7. The molecule has 0 unspecified atom stereocenters. The van der Waals surface area contributed by atoms with Crippen molar-refractivity contribution in [3.05, 3.63) is 93.5 Å². The van der Waals surface area contributed by atoms with Gasteiger partial charge in [-0.2, -0.15) is 5.10 Å². The fraction of sp³-hybridized carbons (Fsp3) is 0.167. The molecule has 0 aliphatic carbocycles. The Morgan fingerprint density at radius 1 is 1.09 bits per heavy atom. The van der Waals surface area contributed by atoms with Gasteiger partial charge in [0.05, 0.1) is 28.8 Å². The minimum atomic E-state index is -4.06. The lowest BCUT2D eigenvalue weighted by Gasteiger charge is -2.24. The van der Waals surface area contributed by atoms with Crippen molar-refractivity contribution in [3.8, 4) is 5.75 Å². The van der Waals surface area contributed by atoms with Crippen LogP contribution in [0.1, 0.15) is 16.7 Å². The molecule has 0 aliphatic heterocycles. The van der Waals surface area contributed by atoms with Gasteiger partial charge < -0.3 is 4.74 Å². The molecule has 10 nitrogen and oxygen atoms in total. The molecule has 3 rings (SSSR count). The van der Waals surface area contributed by atoms with Crippen LogP contribution >= 0.6 is 0 Å². The van der Waals surface area contributed by atoms with E-state index in [0.717, 1.165) is 15.4 Å². The van der Waals surface area contributed by atoms with Gasteiger partial charge in [-0.1, -0.05) is 24.3 Å². The molecule has 3 aromatic rings. The third kappa shape index (κ3) is 6.01. The molecule has 0 bridgehead atoms. The third-order valence-corrected chi connectivity index (χ3v) is 7.00. The van der Waals surface area contributed by atoms with Crippen molar-refractivity contribution in [2.45, 2.75) is 18.7 Å². The number of anilines is 1. The summed E-state index contributed by atoms with van der Waals surface area (Å²) in [5, 5.41) is 14.9. The number of benzene rings is 3. The highest BCUT2D eigenvalue weighted by Crippen LogP contribution is 2.26. The molecular weight excluding hydrogens is 472 g/mol. The first-order valence-electron chi connectivity index (χ1n) is 10.4. The largest absolute Gasteiger partial charge is 0.496 e. The maximum Gasteiger partial charge on any atom is 0.270 e. The number of nitrogens with zero attached hydrogens (tertiary/aromatic N) is 3. The molecule has 35 heavy (non-hydrogen) atoms. The van der Waals surface area contributed by atoms with E-state index < -0.39 is 27.4 Å². The van der Waals surface area contributed by atoms with Gasteiger partial charge >= 0.3 is 0 Å². The SMILES string of the molecule is COc1ccc([N+](=O)[O-])cc1/C=N\NC(=O)CN(c1ccc(C)c(C)c1)S(=O)(=O)c1ccccc1. The zero-order valence-electron chi connectivity index (χ0n) is 19.3. The van der Waals surface area contributed by atoms with Crippen molar-refractivity contribution >= 4 is 33.5 Å². The van der Waals surface area contributed by atoms with Gasteiger partial charge in [0.15, 0.2) is 0 Å². The molecule has 1 N–H and O–H groups in total. The Morgan fingerprint density at radius 2 is 1.80 bits per heavy atom. The lowest BCUT2D eigenvalue weighted by atomic mass is 10.1. The summed E-state index contributed by atoms with van der Waals surface area (Å²) >= 11 is 0. The van der Waals surface area contributed by atoms with Crippen molar-refractivity contribution in [2.24, 2.45) is 5.10 Å². The highest BCUT2D eigenvalue weighted by atomic mass is 32.2. The summed E-state index contributed by atoms with van der Waals surface area (Å²) in [5.74, 6) is -0.389. The van der Waals surface area contributed by atoms with Crippen molar-refractivity contribution in [3.63, 3.8) is 0 Å². The first kappa shape index (κ1) is 25.4. The number of carbonyl (C=O) groups is 1. The number of carbonyl (C=O) groups excluding carboxylic acids is 1. The van der Waals surface area contributed by atoms with E-state index in [1.54, 1.807) is 36.4 Å². The lowest BCUT2D eigenvalue weighted by molar-refractivity contribution is -0.384. The predicted octanol–water partition coefficient (Wildman–Crippen LogP) is 3.57. The zero-order chi connectivity index (χ0) is 25.6. The summed E-state index contributed by atoms with van der Waals surface area (Å²) in [4.78, 5) is 23.2. The monoisotopic (exact) mass is 496 g/mol. The molecule has 0 spiro atoms. The summed E-state index contributed by atoms with van der Waals surface area (Å²) in [6.07, 6.45) is 1.19. The summed E-state index contributed by atoms with van der Waals surface area (Å²) in [5.41, 5.74) is 4.55. The molecule has 1 amide bonds. The Labute approximate surface area is 203 Å². The third-order valence-electron chi connectivity index (χ3n) is 5.21. The van der Waals surface area contributed by atoms with Crippen LogP contribution < -0.4 is 14.5 Å². The van der Waals surface area contributed by atoms with Gasteiger partial charge in [-0.15, -0.1) is 0 Å². The molecule has 11 heteroatoms. The number of nitrogens with one attached hydrogen (secondary N) is 1. The molecular formula is C24H24N4O6S. The second-order valence-corrected chi connectivity index (χ2v) is 9.43. The first-order valence-corrected chi connectivity index (χ1v) is 11.9. The van der Waals surface area contributed by atoms with E-state index in [9.17, 15) is 23.3 Å². The molecule has 182 valence electrons. The molecule has 0 saturated carbocycles. The number of nitro groups is 1. The van der Waals surface area contributed by atoms with E-state index in [4.69, 9.17) is 4.74 Å². The van der Waals surface area contributed by atoms with E-state index in [1.807, 2.05) is 13.8 Å². The van der Waals surface area contributed by atoms with Crippen molar-refractivity contribution in [1.82, 2.24) is 5.43 Å². The van der Waals surface area contributed by atoms with Gasteiger partial charge in [-0.25, -0.2) is 13.8 Å². The van der Waals surface area contributed by atoms with E-state index in [1.165, 1.54) is 43.7 Å². The molecule has 0 fully saturated rings. The number of hydrogen-bond donors (Lipinski definition) is 1.